The van der Waals surface area contributed by atoms with Crippen molar-refractivity contribution in [3.05, 3.63) is 64.9 Å². The number of esters is 1. The summed E-state index contributed by atoms with van der Waals surface area (Å²) in [7, 11) is 3.04. The minimum Gasteiger partial charge on any atom is -0.493 e. The molecule has 2 N–H and O–H groups in total. The van der Waals surface area contributed by atoms with Gasteiger partial charge in [0.1, 0.15) is 6.61 Å². The van der Waals surface area contributed by atoms with Crippen LogP contribution in [0.5, 0.6) is 17.2 Å². The molecule has 0 fully saturated rings. The van der Waals surface area contributed by atoms with Crippen LogP contribution in [0.4, 0.5) is 4.79 Å². The molecule has 1 atom stereocenters. The van der Waals surface area contributed by atoms with Crippen molar-refractivity contribution in [2.24, 2.45) is 0 Å². The van der Waals surface area contributed by atoms with Crippen LogP contribution in [-0.2, 0) is 16.1 Å². The normalized spacial score (nSPS) is 15.5. The number of nitrogens with one attached hydrogen (secondary N) is 2. The zero-order valence-corrected chi connectivity index (χ0v) is 18.7. The van der Waals surface area contributed by atoms with E-state index in [1.807, 2.05) is 37.3 Å². The van der Waals surface area contributed by atoms with E-state index < -0.39 is 18.0 Å². The Kier molecular flexibility index (Phi) is 7.59. The van der Waals surface area contributed by atoms with E-state index in [0.29, 0.717) is 40.7 Å². The average molecular weight is 440 g/mol. The molecule has 8 nitrogen and oxygen atoms in total. The van der Waals surface area contributed by atoms with Gasteiger partial charge in [-0.1, -0.05) is 37.3 Å². The molecule has 3 rings (SSSR count). The molecule has 2 aromatic carbocycles. The summed E-state index contributed by atoms with van der Waals surface area (Å²) in [6, 6.07) is 11.7. The first-order valence-electron chi connectivity index (χ1n) is 10.4. The van der Waals surface area contributed by atoms with Crippen molar-refractivity contribution < 1.29 is 28.5 Å². The standard InChI is InChI=1S/C24H28N2O6/c1-5-11-31-22-18(29-3)12-17(13-19(22)30-4)21-20(15(2)25-24(28)26-21)23(27)32-14-16-9-7-6-8-10-16/h6-10,12-13,21H,5,11,14H2,1-4H3,(H2,25,26,28). The number of hydrogen-bond acceptors (Lipinski definition) is 6. The smallest absolute Gasteiger partial charge is 0.338 e. The number of urea groups is 1. The minimum atomic E-state index is -0.755. The van der Waals surface area contributed by atoms with Crippen molar-refractivity contribution in [3.8, 4) is 17.2 Å². The minimum absolute atomic E-state index is 0.119. The molecule has 0 saturated heterocycles. The molecule has 0 aromatic heterocycles. The fourth-order valence-electron chi connectivity index (χ4n) is 3.43. The third kappa shape index (κ3) is 5.14. The van der Waals surface area contributed by atoms with Crippen LogP contribution in [0.25, 0.3) is 0 Å². The molecule has 1 heterocycles. The molecule has 2 amide bonds. The number of hydrogen-bond donors (Lipinski definition) is 2. The van der Waals surface area contributed by atoms with Gasteiger partial charge in [0.15, 0.2) is 11.5 Å². The Hall–Kier alpha value is -3.68. The predicted octanol–water partition coefficient (Wildman–Crippen LogP) is 3.86. The lowest BCUT2D eigenvalue weighted by Gasteiger charge is -2.29. The van der Waals surface area contributed by atoms with E-state index in [4.69, 9.17) is 18.9 Å². The van der Waals surface area contributed by atoms with Crippen LogP contribution in [0.15, 0.2) is 53.7 Å². The highest BCUT2D eigenvalue weighted by Gasteiger charge is 2.33. The van der Waals surface area contributed by atoms with E-state index >= 15 is 0 Å². The Morgan fingerprint density at radius 3 is 2.31 bits per heavy atom. The highest BCUT2D eigenvalue weighted by atomic mass is 16.5. The van der Waals surface area contributed by atoms with Crippen LogP contribution in [0, 0.1) is 0 Å². The first-order valence-corrected chi connectivity index (χ1v) is 10.4. The fourth-order valence-corrected chi connectivity index (χ4v) is 3.43. The Balaban J connectivity index is 1.95. The Bertz CT molecular complexity index is 978. The van der Waals surface area contributed by atoms with Gasteiger partial charge in [0, 0.05) is 5.70 Å². The van der Waals surface area contributed by atoms with Crippen LogP contribution >= 0.6 is 0 Å². The summed E-state index contributed by atoms with van der Waals surface area (Å²) in [6.45, 7) is 4.27. The van der Waals surface area contributed by atoms with Crippen molar-refractivity contribution in [3.63, 3.8) is 0 Å². The van der Waals surface area contributed by atoms with Crippen LogP contribution in [0.3, 0.4) is 0 Å². The summed E-state index contributed by atoms with van der Waals surface area (Å²) < 4.78 is 22.3. The van der Waals surface area contributed by atoms with Crippen molar-refractivity contribution in [2.75, 3.05) is 20.8 Å². The van der Waals surface area contributed by atoms with E-state index in [1.54, 1.807) is 19.1 Å². The van der Waals surface area contributed by atoms with Crippen LogP contribution in [-0.4, -0.2) is 32.8 Å². The van der Waals surface area contributed by atoms with E-state index in [-0.39, 0.29) is 6.61 Å². The molecule has 1 aliphatic rings. The molecule has 0 radical (unpaired) electrons. The van der Waals surface area contributed by atoms with E-state index in [9.17, 15) is 9.59 Å². The molecule has 0 spiro atoms. The predicted molar refractivity (Wildman–Crippen MR) is 119 cm³/mol. The first kappa shape index (κ1) is 23.0. The van der Waals surface area contributed by atoms with Gasteiger partial charge < -0.3 is 29.6 Å². The lowest BCUT2D eigenvalue weighted by Crippen LogP contribution is -2.45. The quantitative estimate of drug-likeness (QED) is 0.575. The monoisotopic (exact) mass is 440 g/mol. The summed E-state index contributed by atoms with van der Waals surface area (Å²) in [5.41, 5.74) is 2.18. The van der Waals surface area contributed by atoms with Crippen molar-refractivity contribution >= 4 is 12.0 Å². The van der Waals surface area contributed by atoms with E-state index in [0.717, 1.165) is 12.0 Å². The zero-order valence-electron chi connectivity index (χ0n) is 18.7. The molecule has 8 heteroatoms. The van der Waals surface area contributed by atoms with Crippen molar-refractivity contribution in [1.82, 2.24) is 10.6 Å². The lowest BCUT2D eigenvalue weighted by atomic mass is 9.95. The second kappa shape index (κ2) is 10.6. The number of carbonyl (C=O) groups excluding carboxylic acids is 2. The topological polar surface area (TPSA) is 95.1 Å². The van der Waals surface area contributed by atoms with Gasteiger partial charge in [0.05, 0.1) is 32.4 Å². The molecule has 0 bridgehead atoms. The van der Waals surface area contributed by atoms with E-state index in [2.05, 4.69) is 10.6 Å². The average Bonchev–Trinajstić information content (AvgIpc) is 2.80. The number of benzene rings is 2. The maximum atomic E-state index is 13.0. The van der Waals surface area contributed by atoms with Gasteiger partial charge in [-0.25, -0.2) is 9.59 Å². The van der Waals surface area contributed by atoms with Crippen LogP contribution in [0.1, 0.15) is 37.4 Å². The highest BCUT2D eigenvalue weighted by molar-refractivity contribution is 5.95. The van der Waals surface area contributed by atoms with Crippen LogP contribution < -0.4 is 24.8 Å². The molecule has 1 aliphatic heterocycles. The summed E-state index contributed by atoms with van der Waals surface area (Å²) in [4.78, 5) is 25.3. The number of methoxy groups -OCH3 is 2. The maximum absolute atomic E-state index is 13.0. The first-order chi connectivity index (χ1) is 15.5. The molecule has 0 saturated carbocycles. The number of carbonyl (C=O) groups is 2. The molecular weight excluding hydrogens is 412 g/mol. The number of ether oxygens (including phenoxy) is 4. The second-order valence-corrected chi connectivity index (χ2v) is 7.23. The van der Waals surface area contributed by atoms with Gasteiger partial charge in [-0.2, -0.15) is 0 Å². The third-order valence-electron chi connectivity index (χ3n) is 4.97. The molecule has 170 valence electrons. The molecule has 32 heavy (non-hydrogen) atoms. The molecule has 1 unspecified atom stereocenters. The van der Waals surface area contributed by atoms with E-state index in [1.165, 1.54) is 14.2 Å². The van der Waals surface area contributed by atoms with Crippen molar-refractivity contribution in [2.45, 2.75) is 32.9 Å². The van der Waals surface area contributed by atoms with Crippen LogP contribution in [0.2, 0.25) is 0 Å². The SMILES string of the molecule is CCCOc1c(OC)cc(C2NC(=O)NC(C)=C2C(=O)OCc2ccccc2)cc1OC. The number of rotatable bonds is 9. The van der Waals surface area contributed by atoms with Gasteiger partial charge in [0.25, 0.3) is 0 Å². The van der Waals surface area contributed by atoms with Gasteiger partial charge in [-0.3, -0.25) is 0 Å². The summed E-state index contributed by atoms with van der Waals surface area (Å²) in [5, 5.41) is 5.44. The van der Waals surface area contributed by atoms with Gasteiger partial charge in [-0.15, -0.1) is 0 Å². The summed E-state index contributed by atoms with van der Waals surface area (Å²) in [5.74, 6) is 0.813. The maximum Gasteiger partial charge on any atom is 0.338 e. The Morgan fingerprint density at radius 2 is 1.72 bits per heavy atom. The molecule has 2 aromatic rings. The molecular formula is C24H28N2O6. The van der Waals surface area contributed by atoms with Gasteiger partial charge in [0.2, 0.25) is 5.75 Å². The molecule has 0 aliphatic carbocycles. The summed E-state index contributed by atoms with van der Waals surface area (Å²) >= 11 is 0. The lowest BCUT2D eigenvalue weighted by molar-refractivity contribution is -0.140. The second-order valence-electron chi connectivity index (χ2n) is 7.23. The highest BCUT2D eigenvalue weighted by Crippen LogP contribution is 2.42. The van der Waals surface area contributed by atoms with Crippen molar-refractivity contribution in [1.29, 1.82) is 0 Å². The summed E-state index contributed by atoms with van der Waals surface area (Å²) in [6.07, 6.45) is 0.817. The Morgan fingerprint density at radius 1 is 1.06 bits per heavy atom. The Labute approximate surface area is 187 Å². The number of amides is 2. The number of allylic oxidation sites excluding steroid dienone is 1. The fraction of sp³-hybridized carbons (Fsp3) is 0.333. The van der Waals surface area contributed by atoms with Gasteiger partial charge >= 0.3 is 12.0 Å². The largest absolute Gasteiger partial charge is 0.493 e. The zero-order chi connectivity index (χ0) is 23.1. The van der Waals surface area contributed by atoms with Gasteiger partial charge in [-0.05, 0) is 36.6 Å². The third-order valence-corrected chi connectivity index (χ3v) is 4.97.